The third-order valence-electron chi connectivity index (χ3n) is 3.21. The molecule has 1 fully saturated rings. The van der Waals surface area contributed by atoms with Crippen LogP contribution in [0.3, 0.4) is 0 Å². The second-order valence-electron chi connectivity index (χ2n) is 4.30. The minimum Gasteiger partial charge on any atom is -0.494 e. The normalized spacial score (nSPS) is 19.1. The molecule has 1 atom stereocenters. The average Bonchev–Trinajstić information content (AvgIpc) is 2.86. The number of rotatable bonds is 3. The molecule has 98 valence electrons. The van der Waals surface area contributed by atoms with Gasteiger partial charge in [-0.1, -0.05) is 15.9 Å². The van der Waals surface area contributed by atoms with Crippen molar-refractivity contribution < 1.29 is 13.9 Å². The first kappa shape index (κ1) is 13.3. The van der Waals surface area contributed by atoms with Crippen molar-refractivity contribution in [3.05, 3.63) is 29.6 Å². The maximum Gasteiger partial charge on any atom is 0.254 e. The van der Waals surface area contributed by atoms with E-state index in [4.69, 9.17) is 4.74 Å². The van der Waals surface area contributed by atoms with Crippen LogP contribution >= 0.6 is 15.9 Å². The van der Waals surface area contributed by atoms with Crippen molar-refractivity contribution in [3.8, 4) is 5.75 Å². The largest absolute Gasteiger partial charge is 0.494 e. The molecule has 0 saturated carbocycles. The Hall–Kier alpha value is -1.10. The topological polar surface area (TPSA) is 29.5 Å². The summed E-state index contributed by atoms with van der Waals surface area (Å²) in [6, 6.07) is 4.46. The quantitative estimate of drug-likeness (QED) is 0.803. The summed E-state index contributed by atoms with van der Waals surface area (Å²) in [6.07, 6.45) is 2.02. The summed E-state index contributed by atoms with van der Waals surface area (Å²) in [5.41, 5.74) is 0.473. The lowest BCUT2D eigenvalue weighted by molar-refractivity contribution is 0.0750. The Bertz CT molecular complexity index is 453. The summed E-state index contributed by atoms with van der Waals surface area (Å²) >= 11 is 3.42. The second kappa shape index (κ2) is 5.69. The SMILES string of the molecule is COc1cc(C(=O)N2CCCC2CBr)ccc1F. The molecule has 1 aromatic carbocycles. The van der Waals surface area contributed by atoms with Crippen LogP contribution in [0.15, 0.2) is 18.2 Å². The van der Waals surface area contributed by atoms with Crippen molar-refractivity contribution in [1.29, 1.82) is 0 Å². The maximum absolute atomic E-state index is 13.3. The summed E-state index contributed by atoms with van der Waals surface area (Å²) in [5, 5.41) is 0.775. The zero-order chi connectivity index (χ0) is 13.1. The number of benzene rings is 1. The van der Waals surface area contributed by atoms with Gasteiger partial charge in [0.15, 0.2) is 11.6 Å². The molecule has 0 aliphatic carbocycles. The number of ether oxygens (including phenoxy) is 1. The van der Waals surface area contributed by atoms with Gasteiger partial charge in [0.1, 0.15) is 0 Å². The fourth-order valence-corrected chi connectivity index (χ4v) is 2.90. The summed E-state index contributed by atoms with van der Waals surface area (Å²) < 4.78 is 18.2. The molecule has 0 spiro atoms. The summed E-state index contributed by atoms with van der Waals surface area (Å²) in [4.78, 5) is 14.2. The van der Waals surface area contributed by atoms with Crippen molar-refractivity contribution in [1.82, 2.24) is 4.90 Å². The number of hydrogen-bond acceptors (Lipinski definition) is 2. The fraction of sp³-hybridized carbons (Fsp3) is 0.462. The number of halogens is 2. The van der Waals surface area contributed by atoms with Crippen LogP contribution in [0.4, 0.5) is 4.39 Å². The van der Waals surface area contributed by atoms with E-state index in [9.17, 15) is 9.18 Å². The number of carbonyl (C=O) groups excluding carboxylic acids is 1. The van der Waals surface area contributed by atoms with Crippen LogP contribution in [0.5, 0.6) is 5.75 Å². The highest BCUT2D eigenvalue weighted by atomic mass is 79.9. The number of carbonyl (C=O) groups is 1. The monoisotopic (exact) mass is 315 g/mol. The van der Waals surface area contributed by atoms with Crippen LogP contribution in [-0.2, 0) is 0 Å². The van der Waals surface area contributed by atoms with E-state index < -0.39 is 5.82 Å². The Balaban J connectivity index is 2.23. The molecule has 0 bridgehead atoms. The average molecular weight is 316 g/mol. The zero-order valence-corrected chi connectivity index (χ0v) is 11.7. The van der Waals surface area contributed by atoms with Gasteiger partial charge in [0.25, 0.3) is 5.91 Å². The third-order valence-corrected chi connectivity index (χ3v) is 3.96. The number of methoxy groups -OCH3 is 1. The molecular formula is C13H15BrFNO2. The molecule has 1 amide bonds. The lowest BCUT2D eigenvalue weighted by Crippen LogP contribution is -2.36. The van der Waals surface area contributed by atoms with E-state index in [-0.39, 0.29) is 17.7 Å². The van der Waals surface area contributed by atoms with Crippen molar-refractivity contribution in [2.45, 2.75) is 18.9 Å². The standard InChI is InChI=1S/C13H15BrFNO2/c1-18-12-7-9(4-5-11(12)15)13(17)16-6-2-3-10(16)8-14/h4-5,7,10H,2-3,6,8H2,1H3. The van der Waals surface area contributed by atoms with Gasteiger partial charge >= 0.3 is 0 Å². The lowest BCUT2D eigenvalue weighted by atomic mass is 10.1. The first-order valence-electron chi connectivity index (χ1n) is 5.88. The Morgan fingerprint density at radius 1 is 1.61 bits per heavy atom. The summed E-state index contributed by atoms with van der Waals surface area (Å²) in [7, 11) is 1.39. The third kappa shape index (κ3) is 2.51. The molecule has 2 rings (SSSR count). The van der Waals surface area contributed by atoms with Crippen LogP contribution in [-0.4, -0.2) is 35.8 Å². The van der Waals surface area contributed by atoms with E-state index in [1.807, 2.05) is 4.90 Å². The van der Waals surface area contributed by atoms with E-state index in [0.717, 1.165) is 24.7 Å². The zero-order valence-electron chi connectivity index (χ0n) is 10.2. The maximum atomic E-state index is 13.3. The molecule has 1 aromatic rings. The Labute approximate surface area is 114 Å². The molecule has 1 aliphatic rings. The van der Waals surface area contributed by atoms with Gasteiger partial charge in [0.2, 0.25) is 0 Å². The Morgan fingerprint density at radius 2 is 2.39 bits per heavy atom. The molecule has 0 aromatic heterocycles. The number of likely N-dealkylation sites (tertiary alicyclic amines) is 1. The van der Waals surface area contributed by atoms with Crippen LogP contribution < -0.4 is 4.74 Å². The molecule has 5 heteroatoms. The van der Waals surface area contributed by atoms with Crippen LogP contribution in [0.2, 0.25) is 0 Å². The van der Waals surface area contributed by atoms with E-state index >= 15 is 0 Å². The van der Waals surface area contributed by atoms with Crippen molar-refractivity contribution in [3.63, 3.8) is 0 Å². The first-order valence-corrected chi connectivity index (χ1v) is 7.00. The highest BCUT2D eigenvalue weighted by molar-refractivity contribution is 9.09. The van der Waals surface area contributed by atoms with E-state index in [1.165, 1.54) is 25.3 Å². The summed E-state index contributed by atoms with van der Waals surface area (Å²) in [5.74, 6) is -0.404. The van der Waals surface area contributed by atoms with Gasteiger partial charge in [-0.3, -0.25) is 4.79 Å². The van der Waals surface area contributed by atoms with Crippen LogP contribution in [0.1, 0.15) is 23.2 Å². The first-order chi connectivity index (χ1) is 8.67. The van der Waals surface area contributed by atoms with Crippen molar-refractivity contribution in [2.75, 3.05) is 19.0 Å². The lowest BCUT2D eigenvalue weighted by Gasteiger charge is -2.23. The van der Waals surface area contributed by atoms with Gasteiger partial charge in [-0.05, 0) is 31.0 Å². The highest BCUT2D eigenvalue weighted by Gasteiger charge is 2.28. The highest BCUT2D eigenvalue weighted by Crippen LogP contribution is 2.24. The molecule has 1 unspecified atom stereocenters. The number of hydrogen-bond donors (Lipinski definition) is 0. The smallest absolute Gasteiger partial charge is 0.254 e. The van der Waals surface area contributed by atoms with Crippen molar-refractivity contribution in [2.24, 2.45) is 0 Å². The van der Waals surface area contributed by atoms with Gasteiger partial charge < -0.3 is 9.64 Å². The Morgan fingerprint density at radius 3 is 3.06 bits per heavy atom. The molecule has 1 aliphatic heterocycles. The van der Waals surface area contributed by atoms with Gasteiger partial charge in [0, 0.05) is 23.5 Å². The molecule has 0 N–H and O–H groups in total. The molecule has 3 nitrogen and oxygen atoms in total. The minimum absolute atomic E-state index is 0.0600. The molecule has 18 heavy (non-hydrogen) atoms. The van der Waals surface area contributed by atoms with Crippen LogP contribution in [0.25, 0.3) is 0 Å². The van der Waals surface area contributed by atoms with Gasteiger partial charge in [-0.25, -0.2) is 4.39 Å². The predicted octanol–water partition coefficient (Wildman–Crippen LogP) is 2.83. The second-order valence-corrected chi connectivity index (χ2v) is 4.95. The molecule has 1 saturated heterocycles. The number of nitrogens with zero attached hydrogens (tertiary/aromatic N) is 1. The van der Waals surface area contributed by atoms with Crippen LogP contribution in [0, 0.1) is 5.82 Å². The van der Waals surface area contributed by atoms with Gasteiger partial charge in [0.05, 0.1) is 7.11 Å². The predicted molar refractivity (Wildman–Crippen MR) is 70.8 cm³/mol. The van der Waals surface area contributed by atoms with Gasteiger partial charge in [-0.2, -0.15) is 0 Å². The molecule has 1 heterocycles. The van der Waals surface area contributed by atoms with E-state index in [0.29, 0.717) is 5.56 Å². The minimum atomic E-state index is -0.451. The molecule has 0 radical (unpaired) electrons. The summed E-state index contributed by atoms with van der Waals surface area (Å²) in [6.45, 7) is 0.759. The van der Waals surface area contributed by atoms with E-state index in [1.54, 1.807) is 0 Å². The number of amides is 1. The molecular weight excluding hydrogens is 301 g/mol. The van der Waals surface area contributed by atoms with E-state index in [2.05, 4.69) is 15.9 Å². The Kier molecular flexibility index (Phi) is 4.22. The van der Waals surface area contributed by atoms with Gasteiger partial charge in [-0.15, -0.1) is 0 Å². The van der Waals surface area contributed by atoms with Crippen molar-refractivity contribution >= 4 is 21.8 Å². The fourth-order valence-electron chi connectivity index (χ4n) is 2.22. The number of alkyl halides is 1.